The fourth-order valence-electron chi connectivity index (χ4n) is 4.35. The van der Waals surface area contributed by atoms with Crippen molar-refractivity contribution in [3.8, 4) is 34.5 Å². The summed E-state index contributed by atoms with van der Waals surface area (Å²) >= 11 is 12.9. The lowest BCUT2D eigenvalue weighted by atomic mass is 9.77. The second kappa shape index (κ2) is 7.34. The predicted octanol–water partition coefficient (Wildman–Crippen LogP) is 4.69. The van der Waals surface area contributed by atoms with Crippen molar-refractivity contribution >= 4 is 35.1 Å². The minimum Gasteiger partial charge on any atom is -0.504 e. The van der Waals surface area contributed by atoms with Gasteiger partial charge in [-0.1, -0.05) is 23.2 Å². The van der Waals surface area contributed by atoms with Crippen LogP contribution in [-0.2, 0) is 10.3 Å². The van der Waals surface area contributed by atoms with Crippen LogP contribution in [-0.4, -0.2) is 41.5 Å². The van der Waals surface area contributed by atoms with Crippen molar-refractivity contribution < 1.29 is 43.9 Å². The average molecular weight is 505 g/mol. The van der Waals surface area contributed by atoms with E-state index in [2.05, 4.69) is 0 Å². The molecule has 3 aromatic carbocycles. The number of fused-ring (bicyclic) bond motifs is 6. The lowest BCUT2D eigenvalue weighted by Gasteiger charge is -2.37. The van der Waals surface area contributed by atoms with Gasteiger partial charge in [-0.3, -0.25) is 0 Å². The van der Waals surface area contributed by atoms with Gasteiger partial charge in [0.2, 0.25) is 0 Å². The molecule has 0 saturated heterocycles. The van der Waals surface area contributed by atoms with Gasteiger partial charge in [0, 0.05) is 17.7 Å². The number of benzene rings is 3. The Hall–Kier alpha value is -3.82. The van der Waals surface area contributed by atoms with Crippen LogP contribution < -0.4 is 14.2 Å². The SMILES string of the molecule is COc1cc2c(cc1O)Oc1cc(O)c(OC)cc1C21OC(=O)c2c(Cl)c(C(=O)O)cc(Cl)c21. The number of carbonyl (C=O) groups is 2. The Morgan fingerprint density at radius 3 is 1.94 bits per heavy atom. The normalized spacial score (nSPS) is 14.5. The summed E-state index contributed by atoms with van der Waals surface area (Å²) in [6, 6.07) is 6.45. The summed E-state index contributed by atoms with van der Waals surface area (Å²) in [4.78, 5) is 24.9. The van der Waals surface area contributed by atoms with Gasteiger partial charge < -0.3 is 34.3 Å². The molecule has 3 aromatic rings. The first-order chi connectivity index (χ1) is 16.1. The Labute approximate surface area is 201 Å². The summed E-state index contributed by atoms with van der Waals surface area (Å²) in [7, 11) is 2.68. The van der Waals surface area contributed by atoms with Gasteiger partial charge in [-0.15, -0.1) is 0 Å². The highest BCUT2D eigenvalue weighted by Gasteiger charge is 2.57. The van der Waals surface area contributed by atoms with Crippen LogP contribution in [0.1, 0.15) is 37.4 Å². The number of rotatable bonds is 3. The number of ether oxygens (including phenoxy) is 4. The van der Waals surface area contributed by atoms with Gasteiger partial charge in [0.25, 0.3) is 0 Å². The molecule has 0 amide bonds. The molecular formula is C23H14Cl2O9. The van der Waals surface area contributed by atoms with Crippen LogP contribution in [0.5, 0.6) is 34.5 Å². The molecule has 0 unspecified atom stereocenters. The van der Waals surface area contributed by atoms with Gasteiger partial charge in [0.15, 0.2) is 28.6 Å². The van der Waals surface area contributed by atoms with Gasteiger partial charge in [-0.2, -0.15) is 0 Å². The molecule has 5 rings (SSSR count). The van der Waals surface area contributed by atoms with E-state index >= 15 is 0 Å². The number of esters is 1. The summed E-state index contributed by atoms with van der Waals surface area (Å²) in [5.74, 6) is -2.58. The van der Waals surface area contributed by atoms with Crippen LogP contribution in [0.15, 0.2) is 30.3 Å². The largest absolute Gasteiger partial charge is 0.504 e. The zero-order valence-electron chi connectivity index (χ0n) is 17.4. The Morgan fingerprint density at radius 1 is 0.941 bits per heavy atom. The molecule has 1 spiro atoms. The van der Waals surface area contributed by atoms with Crippen molar-refractivity contribution in [2.24, 2.45) is 0 Å². The maximum atomic E-state index is 13.2. The second-order valence-electron chi connectivity index (χ2n) is 7.49. The molecule has 0 aromatic heterocycles. The maximum absolute atomic E-state index is 13.2. The fraction of sp³-hybridized carbons (Fsp3) is 0.130. The van der Waals surface area contributed by atoms with Gasteiger partial charge in [0.1, 0.15) is 11.5 Å². The summed E-state index contributed by atoms with van der Waals surface area (Å²) in [6.07, 6.45) is 0. The van der Waals surface area contributed by atoms with E-state index in [1.807, 2.05) is 0 Å². The summed E-state index contributed by atoms with van der Waals surface area (Å²) in [5.41, 5.74) is -1.90. The number of methoxy groups -OCH3 is 2. The number of halogens is 2. The van der Waals surface area contributed by atoms with Crippen LogP contribution in [0.2, 0.25) is 10.0 Å². The minimum atomic E-state index is -1.80. The van der Waals surface area contributed by atoms with E-state index in [0.717, 1.165) is 6.07 Å². The zero-order chi connectivity index (χ0) is 24.5. The Kier molecular flexibility index (Phi) is 4.75. The summed E-state index contributed by atoms with van der Waals surface area (Å²) in [6.45, 7) is 0. The first-order valence-electron chi connectivity index (χ1n) is 9.64. The Bertz CT molecular complexity index is 1370. The number of aromatic carboxylic acids is 1. The third-order valence-electron chi connectivity index (χ3n) is 5.79. The highest BCUT2D eigenvalue weighted by Crippen LogP contribution is 2.61. The van der Waals surface area contributed by atoms with Crippen molar-refractivity contribution in [2.75, 3.05) is 14.2 Å². The molecule has 2 aliphatic rings. The standard InChI is InChI=1S/C23H14Cl2O9/c1-31-16-4-9-14(6-12(16)26)33-15-7-13(27)17(32-2)5-10(15)23(9)19-11(24)3-8(21(28)29)20(25)18(19)22(30)34-23/h3-7,26-27H,1-2H3,(H,28,29). The topological polar surface area (TPSA) is 132 Å². The van der Waals surface area contributed by atoms with E-state index in [4.69, 9.17) is 42.1 Å². The zero-order valence-corrected chi connectivity index (χ0v) is 18.9. The van der Waals surface area contributed by atoms with Gasteiger partial charge in [-0.05, 0) is 18.2 Å². The maximum Gasteiger partial charge on any atom is 0.341 e. The number of hydrogen-bond acceptors (Lipinski definition) is 8. The molecule has 0 saturated carbocycles. The first-order valence-corrected chi connectivity index (χ1v) is 10.4. The number of carboxylic acid groups (broad SMARTS) is 1. The molecule has 174 valence electrons. The van der Waals surface area contributed by atoms with E-state index in [-0.39, 0.29) is 72.4 Å². The van der Waals surface area contributed by atoms with Crippen LogP contribution >= 0.6 is 23.2 Å². The Balaban J connectivity index is 1.96. The predicted molar refractivity (Wildman–Crippen MR) is 118 cm³/mol. The van der Waals surface area contributed by atoms with E-state index in [1.54, 1.807) is 0 Å². The quantitative estimate of drug-likeness (QED) is 0.434. The van der Waals surface area contributed by atoms with Gasteiger partial charge >= 0.3 is 11.9 Å². The number of carbonyl (C=O) groups excluding carboxylic acids is 1. The smallest absolute Gasteiger partial charge is 0.341 e. The summed E-state index contributed by atoms with van der Waals surface area (Å²) in [5, 5.41) is 29.7. The average Bonchev–Trinajstić information content (AvgIpc) is 3.09. The van der Waals surface area contributed by atoms with Crippen LogP contribution in [0.3, 0.4) is 0 Å². The minimum absolute atomic E-state index is 0.0461. The number of hydrogen-bond donors (Lipinski definition) is 3. The third kappa shape index (κ3) is 2.74. The lowest BCUT2D eigenvalue weighted by molar-refractivity contribution is 0.0222. The molecule has 0 atom stereocenters. The fourth-order valence-corrected chi connectivity index (χ4v) is 4.99. The van der Waals surface area contributed by atoms with Crippen LogP contribution in [0, 0.1) is 0 Å². The molecule has 2 heterocycles. The number of aromatic hydroxyl groups is 2. The van der Waals surface area contributed by atoms with Gasteiger partial charge in [-0.25, -0.2) is 9.59 Å². The lowest BCUT2D eigenvalue weighted by Crippen LogP contribution is -2.33. The second-order valence-corrected chi connectivity index (χ2v) is 8.27. The molecule has 9 nitrogen and oxygen atoms in total. The van der Waals surface area contributed by atoms with E-state index in [1.165, 1.54) is 38.5 Å². The monoisotopic (exact) mass is 504 g/mol. The molecule has 0 bridgehead atoms. The van der Waals surface area contributed by atoms with E-state index < -0.39 is 17.5 Å². The molecule has 3 N–H and O–H groups in total. The molecule has 0 aliphatic carbocycles. The van der Waals surface area contributed by atoms with Crippen molar-refractivity contribution in [1.29, 1.82) is 0 Å². The van der Waals surface area contributed by atoms with E-state index in [9.17, 15) is 24.9 Å². The van der Waals surface area contributed by atoms with Crippen molar-refractivity contribution in [3.63, 3.8) is 0 Å². The van der Waals surface area contributed by atoms with Crippen molar-refractivity contribution in [3.05, 3.63) is 68.2 Å². The number of phenolic OH excluding ortho intramolecular Hbond substituents is 2. The Morgan fingerprint density at radius 2 is 1.47 bits per heavy atom. The molecule has 11 heteroatoms. The summed E-state index contributed by atoms with van der Waals surface area (Å²) < 4.78 is 22.3. The molecule has 34 heavy (non-hydrogen) atoms. The van der Waals surface area contributed by atoms with Crippen molar-refractivity contribution in [1.82, 2.24) is 0 Å². The highest BCUT2D eigenvalue weighted by atomic mass is 35.5. The van der Waals surface area contributed by atoms with Gasteiger partial charge in [0.05, 0.1) is 46.5 Å². The van der Waals surface area contributed by atoms with Crippen LogP contribution in [0.25, 0.3) is 0 Å². The van der Waals surface area contributed by atoms with Crippen LogP contribution in [0.4, 0.5) is 0 Å². The molecular weight excluding hydrogens is 491 g/mol. The molecule has 2 aliphatic heterocycles. The van der Waals surface area contributed by atoms with E-state index in [0.29, 0.717) is 0 Å². The highest BCUT2D eigenvalue weighted by molar-refractivity contribution is 6.39. The third-order valence-corrected chi connectivity index (χ3v) is 6.48. The van der Waals surface area contributed by atoms with Crippen molar-refractivity contribution in [2.45, 2.75) is 5.60 Å². The molecule has 0 radical (unpaired) electrons. The number of phenols is 2. The first kappa shape index (κ1) is 22.0. The molecule has 0 fully saturated rings. The number of carboxylic acids is 1.